The summed E-state index contributed by atoms with van der Waals surface area (Å²) in [5.41, 5.74) is 0.273. The monoisotopic (exact) mass is 375 g/mol. The lowest BCUT2D eigenvalue weighted by Crippen LogP contribution is -2.49. The van der Waals surface area contributed by atoms with Crippen LogP contribution in [0.1, 0.15) is 25.7 Å². The Hall–Kier alpha value is -2.48. The second-order valence-electron chi connectivity index (χ2n) is 7.31. The van der Waals surface area contributed by atoms with Gasteiger partial charge in [0.25, 0.3) is 0 Å². The number of ether oxygens (including phenoxy) is 3. The van der Waals surface area contributed by atoms with Crippen molar-refractivity contribution in [3.8, 4) is 5.75 Å². The molecule has 3 aliphatic heterocycles. The summed E-state index contributed by atoms with van der Waals surface area (Å²) in [6.45, 7) is 3.01. The van der Waals surface area contributed by atoms with Crippen LogP contribution < -0.4 is 15.4 Å². The van der Waals surface area contributed by atoms with E-state index < -0.39 is 5.60 Å². The third-order valence-corrected chi connectivity index (χ3v) is 5.39. The van der Waals surface area contributed by atoms with Gasteiger partial charge in [-0.2, -0.15) is 0 Å². The van der Waals surface area contributed by atoms with Gasteiger partial charge in [0.1, 0.15) is 18.0 Å². The van der Waals surface area contributed by atoms with Gasteiger partial charge in [-0.05, 0) is 37.1 Å². The number of likely N-dealkylation sites (tertiary alicyclic amines) is 1. The number of urea groups is 1. The molecule has 0 saturated carbocycles. The fraction of sp³-hybridized carbons (Fsp3) is 0.579. The molecule has 0 bridgehead atoms. The molecule has 3 fully saturated rings. The molecule has 0 aromatic heterocycles. The summed E-state index contributed by atoms with van der Waals surface area (Å²) in [6, 6.07) is 7.21. The molecule has 3 amide bonds. The van der Waals surface area contributed by atoms with Crippen LogP contribution >= 0.6 is 0 Å². The fourth-order valence-electron chi connectivity index (χ4n) is 3.70. The summed E-state index contributed by atoms with van der Waals surface area (Å²) in [5, 5.41) is 5.60. The molecule has 1 unspecified atom stereocenters. The molecule has 8 nitrogen and oxygen atoms in total. The van der Waals surface area contributed by atoms with Crippen molar-refractivity contribution < 1.29 is 23.8 Å². The molecule has 4 rings (SSSR count). The van der Waals surface area contributed by atoms with E-state index >= 15 is 0 Å². The highest BCUT2D eigenvalue weighted by atomic mass is 16.6. The first kappa shape index (κ1) is 17.9. The lowest BCUT2D eigenvalue weighted by Gasteiger charge is -2.37. The Morgan fingerprint density at radius 2 is 2.07 bits per heavy atom. The SMILES string of the molecule is O=C1NCC2(CCN(C(=O)Nc3ccc(OCC4CCCO4)cc3)CC2)O1. The molecule has 1 aromatic carbocycles. The van der Waals surface area contributed by atoms with Crippen molar-refractivity contribution in [2.75, 3.05) is 38.2 Å². The van der Waals surface area contributed by atoms with E-state index in [2.05, 4.69) is 10.6 Å². The van der Waals surface area contributed by atoms with Gasteiger partial charge in [0.15, 0.2) is 0 Å². The van der Waals surface area contributed by atoms with Crippen molar-refractivity contribution >= 4 is 17.8 Å². The summed E-state index contributed by atoms with van der Waals surface area (Å²) in [7, 11) is 0. The second-order valence-corrected chi connectivity index (χ2v) is 7.31. The molecule has 1 atom stereocenters. The van der Waals surface area contributed by atoms with Gasteiger partial charge in [-0.1, -0.05) is 0 Å². The number of hydrogen-bond acceptors (Lipinski definition) is 5. The predicted molar refractivity (Wildman–Crippen MR) is 98.0 cm³/mol. The van der Waals surface area contributed by atoms with E-state index in [1.54, 1.807) is 4.90 Å². The zero-order chi connectivity index (χ0) is 18.7. The number of nitrogens with one attached hydrogen (secondary N) is 2. The molecule has 3 heterocycles. The van der Waals surface area contributed by atoms with E-state index in [1.165, 1.54) is 0 Å². The zero-order valence-corrected chi connectivity index (χ0v) is 15.2. The van der Waals surface area contributed by atoms with E-state index in [-0.39, 0.29) is 18.2 Å². The minimum atomic E-state index is -0.449. The molecular weight excluding hydrogens is 350 g/mol. The average molecular weight is 375 g/mol. The van der Waals surface area contributed by atoms with Crippen LogP contribution in [0.4, 0.5) is 15.3 Å². The van der Waals surface area contributed by atoms with Crippen LogP contribution in [0, 0.1) is 0 Å². The Balaban J connectivity index is 1.24. The van der Waals surface area contributed by atoms with Crippen molar-refractivity contribution in [3.05, 3.63) is 24.3 Å². The van der Waals surface area contributed by atoms with E-state index in [4.69, 9.17) is 14.2 Å². The van der Waals surface area contributed by atoms with Crippen LogP contribution in [0.2, 0.25) is 0 Å². The molecule has 146 valence electrons. The molecule has 1 aromatic rings. The highest BCUT2D eigenvalue weighted by molar-refractivity contribution is 5.89. The van der Waals surface area contributed by atoms with E-state index in [0.29, 0.717) is 39.1 Å². The molecule has 0 radical (unpaired) electrons. The first-order valence-electron chi connectivity index (χ1n) is 9.49. The number of carbonyl (C=O) groups is 2. The van der Waals surface area contributed by atoms with Crippen LogP contribution in [0.5, 0.6) is 5.75 Å². The Bertz CT molecular complexity index is 679. The summed E-state index contributed by atoms with van der Waals surface area (Å²) in [4.78, 5) is 25.5. The van der Waals surface area contributed by atoms with Crippen molar-refractivity contribution in [1.82, 2.24) is 10.2 Å². The van der Waals surface area contributed by atoms with Crippen molar-refractivity contribution in [2.24, 2.45) is 0 Å². The predicted octanol–water partition coefficient (Wildman–Crippen LogP) is 2.35. The molecule has 8 heteroatoms. The van der Waals surface area contributed by atoms with Crippen LogP contribution in [-0.4, -0.2) is 61.6 Å². The molecular formula is C19H25N3O5. The Labute approximate surface area is 158 Å². The molecule has 3 aliphatic rings. The molecule has 0 aliphatic carbocycles. The highest BCUT2D eigenvalue weighted by Crippen LogP contribution is 2.29. The Kier molecular flexibility index (Phi) is 5.07. The summed E-state index contributed by atoms with van der Waals surface area (Å²) in [5.74, 6) is 0.763. The summed E-state index contributed by atoms with van der Waals surface area (Å²) >= 11 is 0. The lowest BCUT2D eigenvalue weighted by atomic mass is 9.92. The Morgan fingerprint density at radius 1 is 1.30 bits per heavy atom. The average Bonchev–Trinajstić information content (AvgIpc) is 3.32. The largest absolute Gasteiger partial charge is 0.491 e. The minimum absolute atomic E-state index is 0.143. The van der Waals surface area contributed by atoms with Crippen molar-refractivity contribution in [2.45, 2.75) is 37.4 Å². The maximum absolute atomic E-state index is 12.5. The van der Waals surface area contributed by atoms with E-state index in [0.717, 1.165) is 30.9 Å². The first-order chi connectivity index (χ1) is 13.1. The molecule has 2 N–H and O–H groups in total. The van der Waals surface area contributed by atoms with Gasteiger partial charge >= 0.3 is 12.1 Å². The summed E-state index contributed by atoms with van der Waals surface area (Å²) < 4.78 is 16.7. The van der Waals surface area contributed by atoms with Crippen LogP contribution in [0.15, 0.2) is 24.3 Å². The number of piperidine rings is 1. The maximum atomic E-state index is 12.5. The first-order valence-corrected chi connectivity index (χ1v) is 9.49. The standard InChI is InChI=1S/C19H25N3O5/c23-17(22-9-7-19(8-10-22)13-20-18(24)27-19)21-14-3-5-15(6-4-14)26-12-16-2-1-11-25-16/h3-6,16H,1-2,7-13H2,(H,20,24)(H,21,23). The topological polar surface area (TPSA) is 89.1 Å². The minimum Gasteiger partial charge on any atom is -0.491 e. The number of alkyl carbamates (subject to hydrolysis) is 1. The normalized spacial score (nSPS) is 23.8. The van der Waals surface area contributed by atoms with Gasteiger partial charge in [0.05, 0.1) is 12.6 Å². The quantitative estimate of drug-likeness (QED) is 0.843. The molecule has 3 saturated heterocycles. The van der Waals surface area contributed by atoms with E-state index in [1.807, 2.05) is 24.3 Å². The smallest absolute Gasteiger partial charge is 0.407 e. The number of anilines is 1. The molecule has 27 heavy (non-hydrogen) atoms. The highest BCUT2D eigenvalue weighted by Gasteiger charge is 2.43. The number of carbonyl (C=O) groups excluding carboxylic acids is 2. The van der Waals surface area contributed by atoms with Crippen LogP contribution in [0.25, 0.3) is 0 Å². The van der Waals surface area contributed by atoms with Gasteiger partial charge in [0, 0.05) is 38.2 Å². The third kappa shape index (κ3) is 4.27. The summed E-state index contributed by atoms with van der Waals surface area (Å²) in [6.07, 6.45) is 3.25. The second kappa shape index (κ2) is 7.64. The van der Waals surface area contributed by atoms with Gasteiger partial charge in [-0.25, -0.2) is 9.59 Å². The zero-order valence-electron chi connectivity index (χ0n) is 15.2. The molecule has 1 spiro atoms. The van der Waals surface area contributed by atoms with E-state index in [9.17, 15) is 9.59 Å². The van der Waals surface area contributed by atoms with Gasteiger partial charge in [-0.15, -0.1) is 0 Å². The fourth-order valence-corrected chi connectivity index (χ4v) is 3.70. The van der Waals surface area contributed by atoms with Crippen LogP contribution in [0.3, 0.4) is 0 Å². The number of hydrogen-bond donors (Lipinski definition) is 2. The van der Waals surface area contributed by atoms with Crippen molar-refractivity contribution in [1.29, 1.82) is 0 Å². The number of amides is 3. The maximum Gasteiger partial charge on any atom is 0.407 e. The van der Waals surface area contributed by atoms with Crippen LogP contribution in [-0.2, 0) is 9.47 Å². The number of benzene rings is 1. The number of rotatable bonds is 4. The lowest BCUT2D eigenvalue weighted by molar-refractivity contribution is 0.0110. The third-order valence-electron chi connectivity index (χ3n) is 5.39. The van der Waals surface area contributed by atoms with Gasteiger partial charge in [-0.3, -0.25) is 0 Å². The Morgan fingerprint density at radius 3 is 2.70 bits per heavy atom. The van der Waals surface area contributed by atoms with Crippen molar-refractivity contribution in [3.63, 3.8) is 0 Å². The number of nitrogens with zero attached hydrogens (tertiary/aromatic N) is 1. The van der Waals surface area contributed by atoms with Gasteiger partial charge in [0.2, 0.25) is 0 Å². The van der Waals surface area contributed by atoms with Gasteiger partial charge < -0.3 is 29.7 Å².